The highest BCUT2D eigenvalue weighted by molar-refractivity contribution is 6.31. The summed E-state index contributed by atoms with van der Waals surface area (Å²) in [5.74, 6) is 0.577. The molecular weight excluding hydrogens is 264 g/mol. The molecule has 0 spiro atoms. The molecule has 0 aliphatic rings. The van der Waals surface area contributed by atoms with Gasteiger partial charge >= 0.3 is 0 Å². The molecular formula is C14H21ClN2O2. The van der Waals surface area contributed by atoms with Crippen LogP contribution in [0.1, 0.15) is 31.1 Å². The lowest BCUT2D eigenvalue weighted by molar-refractivity contribution is 0.0942. The van der Waals surface area contributed by atoms with Gasteiger partial charge in [-0.25, -0.2) is 0 Å². The van der Waals surface area contributed by atoms with E-state index in [1.165, 1.54) is 0 Å². The van der Waals surface area contributed by atoms with Gasteiger partial charge in [-0.05, 0) is 44.5 Å². The third kappa shape index (κ3) is 5.09. The van der Waals surface area contributed by atoms with Crippen molar-refractivity contribution in [2.75, 3.05) is 13.1 Å². The van der Waals surface area contributed by atoms with Crippen molar-refractivity contribution in [3.05, 3.63) is 28.8 Å². The number of halogens is 1. The second kappa shape index (κ2) is 7.36. The van der Waals surface area contributed by atoms with Gasteiger partial charge in [-0.15, -0.1) is 0 Å². The Labute approximate surface area is 119 Å². The van der Waals surface area contributed by atoms with Crippen LogP contribution in [0.2, 0.25) is 5.02 Å². The minimum absolute atomic E-state index is 0.00399. The summed E-state index contributed by atoms with van der Waals surface area (Å²) >= 11 is 5.93. The fraction of sp³-hybridized carbons (Fsp3) is 0.500. The van der Waals surface area contributed by atoms with Crippen molar-refractivity contribution in [3.63, 3.8) is 0 Å². The molecule has 0 heterocycles. The first kappa shape index (κ1) is 15.8. The molecule has 1 rings (SSSR count). The number of amides is 1. The van der Waals surface area contributed by atoms with E-state index in [0.29, 0.717) is 29.4 Å². The van der Waals surface area contributed by atoms with Crippen LogP contribution in [0.3, 0.4) is 0 Å². The maximum absolute atomic E-state index is 12.1. The molecule has 1 atom stereocenters. The highest BCUT2D eigenvalue weighted by Crippen LogP contribution is 2.24. The quantitative estimate of drug-likeness (QED) is 0.843. The minimum Gasteiger partial charge on any atom is -0.490 e. The molecule has 0 aliphatic carbocycles. The first-order valence-corrected chi connectivity index (χ1v) is 6.76. The number of carbonyl (C=O) groups is 1. The molecule has 3 N–H and O–H groups in total. The van der Waals surface area contributed by atoms with E-state index in [1.807, 2.05) is 20.8 Å². The first-order valence-electron chi connectivity index (χ1n) is 6.38. The Morgan fingerprint density at radius 3 is 2.68 bits per heavy atom. The largest absolute Gasteiger partial charge is 0.490 e. The average molecular weight is 285 g/mol. The molecule has 1 aromatic carbocycles. The zero-order chi connectivity index (χ0) is 14.4. The van der Waals surface area contributed by atoms with E-state index >= 15 is 0 Å². The van der Waals surface area contributed by atoms with E-state index < -0.39 is 0 Å². The number of benzene rings is 1. The number of carbonyl (C=O) groups excluding carboxylic acids is 1. The highest BCUT2D eigenvalue weighted by atomic mass is 35.5. The van der Waals surface area contributed by atoms with E-state index in [4.69, 9.17) is 22.1 Å². The zero-order valence-corrected chi connectivity index (χ0v) is 12.3. The summed E-state index contributed by atoms with van der Waals surface area (Å²) in [7, 11) is 0. The van der Waals surface area contributed by atoms with Gasteiger partial charge in [-0.3, -0.25) is 4.79 Å². The van der Waals surface area contributed by atoms with Gasteiger partial charge in [0.05, 0.1) is 11.7 Å². The summed E-state index contributed by atoms with van der Waals surface area (Å²) in [5, 5.41) is 3.34. The molecule has 0 radical (unpaired) electrons. The third-order valence-electron chi connectivity index (χ3n) is 2.56. The van der Waals surface area contributed by atoms with Gasteiger partial charge < -0.3 is 15.8 Å². The highest BCUT2D eigenvalue weighted by Gasteiger charge is 2.14. The first-order chi connectivity index (χ1) is 8.93. The normalized spacial score (nSPS) is 12.3. The van der Waals surface area contributed by atoms with Crippen LogP contribution in [0.4, 0.5) is 0 Å². The minimum atomic E-state index is -0.196. The molecule has 0 saturated heterocycles. The SMILES string of the molecule is CC(CN)CNC(=O)c1cc(Cl)ccc1OC(C)C. The summed E-state index contributed by atoms with van der Waals surface area (Å²) in [4.78, 5) is 12.1. The maximum Gasteiger partial charge on any atom is 0.255 e. The lowest BCUT2D eigenvalue weighted by atomic mass is 10.1. The van der Waals surface area contributed by atoms with Gasteiger partial charge in [0.15, 0.2) is 0 Å². The molecule has 0 fully saturated rings. The predicted molar refractivity (Wildman–Crippen MR) is 77.8 cm³/mol. The summed E-state index contributed by atoms with van der Waals surface area (Å²) in [6.45, 7) is 6.86. The average Bonchev–Trinajstić information content (AvgIpc) is 2.37. The zero-order valence-electron chi connectivity index (χ0n) is 11.6. The molecule has 0 aromatic heterocycles. The standard InChI is InChI=1S/C14H21ClN2O2/c1-9(2)19-13-5-4-11(15)6-12(13)14(18)17-8-10(3)7-16/h4-6,9-10H,7-8,16H2,1-3H3,(H,17,18). The van der Waals surface area contributed by atoms with Crippen molar-refractivity contribution < 1.29 is 9.53 Å². The van der Waals surface area contributed by atoms with Crippen molar-refractivity contribution >= 4 is 17.5 Å². The second-order valence-corrected chi connectivity index (χ2v) is 5.29. The van der Waals surface area contributed by atoms with Crippen LogP contribution >= 0.6 is 11.6 Å². The Morgan fingerprint density at radius 1 is 1.42 bits per heavy atom. The predicted octanol–water partition coefficient (Wildman–Crippen LogP) is 2.45. The van der Waals surface area contributed by atoms with E-state index in [1.54, 1.807) is 18.2 Å². The molecule has 19 heavy (non-hydrogen) atoms. The lowest BCUT2D eigenvalue weighted by Crippen LogP contribution is -2.31. The van der Waals surface area contributed by atoms with Gasteiger partial charge in [0, 0.05) is 11.6 Å². The summed E-state index contributed by atoms with van der Waals surface area (Å²) in [5.41, 5.74) is 5.97. The number of nitrogens with two attached hydrogens (primary N) is 1. The topological polar surface area (TPSA) is 64.3 Å². The van der Waals surface area contributed by atoms with E-state index in [-0.39, 0.29) is 17.9 Å². The van der Waals surface area contributed by atoms with Gasteiger partial charge in [-0.1, -0.05) is 18.5 Å². The second-order valence-electron chi connectivity index (χ2n) is 4.86. The fourth-order valence-electron chi connectivity index (χ4n) is 1.48. The number of ether oxygens (including phenoxy) is 1. The van der Waals surface area contributed by atoms with E-state index in [0.717, 1.165) is 0 Å². The van der Waals surface area contributed by atoms with Gasteiger partial charge in [0.25, 0.3) is 5.91 Å². The molecule has 0 saturated carbocycles. The fourth-order valence-corrected chi connectivity index (χ4v) is 1.65. The molecule has 0 aliphatic heterocycles. The van der Waals surface area contributed by atoms with Gasteiger partial charge in [0.2, 0.25) is 0 Å². The van der Waals surface area contributed by atoms with Crippen LogP contribution in [-0.2, 0) is 0 Å². The number of rotatable bonds is 6. The molecule has 5 heteroatoms. The van der Waals surface area contributed by atoms with Crippen LogP contribution in [0.5, 0.6) is 5.75 Å². The lowest BCUT2D eigenvalue weighted by Gasteiger charge is -2.15. The number of nitrogens with one attached hydrogen (secondary N) is 1. The van der Waals surface area contributed by atoms with Crippen molar-refractivity contribution in [2.45, 2.75) is 26.9 Å². The molecule has 1 unspecified atom stereocenters. The van der Waals surface area contributed by atoms with Crippen LogP contribution in [0.15, 0.2) is 18.2 Å². The van der Waals surface area contributed by atoms with Crippen LogP contribution in [-0.4, -0.2) is 25.1 Å². The van der Waals surface area contributed by atoms with Crippen LogP contribution in [0, 0.1) is 5.92 Å². The Hall–Kier alpha value is -1.26. The summed E-state index contributed by atoms with van der Waals surface area (Å²) < 4.78 is 5.61. The summed E-state index contributed by atoms with van der Waals surface area (Å²) in [6, 6.07) is 5.03. The van der Waals surface area contributed by atoms with E-state index in [9.17, 15) is 4.79 Å². The van der Waals surface area contributed by atoms with Crippen molar-refractivity contribution in [3.8, 4) is 5.75 Å². The van der Waals surface area contributed by atoms with Crippen LogP contribution < -0.4 is 15.8 Å². The Bertz CT molecular complexity index is 435. The van der Waals surface area contributed by atoms with Gasteiger partial charge in [0.1, 0.15) is 5.75 Å². The number of hydrogen-bond donors (Lipinski definition) is 2. The molecule has 106 valence electrons. The Morgan fingerprint density at radius 2 is 2.11 bits per heavy atom. The Balaban J connectivity index is 2.84. The Kier molecular flexibility index (Phi) is 6.12. The number of hydrogen-bond acceptors (Lipinski definition) is 3. The third-order valence-corrected chi connectivity index (χ3v) is 2.80. The van der Waals surface area contributed by atoms with Crippen LogP contribution in [0.25, 0.3) is 0 Å². The summed E-state index contributed by atoms with van der Waals surface area (Å²) in [6.07, 6.45) is -0.00399. The maximum atomic E-state index is 12.1. The molecule has 4 nitrogen and oxygen atoms in total. The molecule has 1 amide bonds. The monoisotopic (exact) mass is 284 g/mol. The van der Waals surface area contributed by atoms with E-state index in [2.05, 4.69) is 5.32 Å². The van der Waals surface area contributed by atoms with Crippen molar-refractivity contribution in [1.29, 1.82) is 0 Å². The smallest absolute Gasteiger partial charge is 0.255 e. The van der Waals surface area contributed by atoms with Crippen molar-refractivity contribution in [1.82, 2.24) is 5.32 Å². The van der Waals surface area contributed by atoms with Crippen molar-refractivity contribution in [2.24, 2.45) is 11.7 Å². The molecule has 0 bridgehead atoms. The van der Waals surface area contributed by atoms with Gasteiger partial charge in [-0.2, -0.15) is 0 Å². The molecule has 1 aromatic rings.